The number of para-hydroxylation sites is 1. The van der Waals surface area contributed by atoms with Gasteiger partial charge in [-0.15, -0.1) is 0 Å². The summed E-state index contributed by atoms with van der Waals surface area (Å²) in [6.45, 7) is 2.58. The van der Waals surface area contributed by atoms with Crippen molar-refractivity contribution in [3.05, 3.63) is 94.7 Å². The first-order valence-corrected chi connectivity index (χ1v) is 13.0. The number of nitrogens with one attached hydrogen (secondary N) is 1. The Bertz CT molecular complexity index is 1540. The lowest BCUT2D eigenvalue weighted by molar-refractivity contribution is -0.158. The average molecular weight is 510 g/mol. The second-order valence-corrected chi connectivity index (χ2v) is 10.1. The molecule has 6 rings (SSSR count). The van der Waals surface area contributed by atoms with E-state index in [1.807, 2.05) is 41.3 Å². The molecule has 0 bridgehead atoms. The molecule has 7 nitrogen and oxygen atoms in total. The number of rotatable bonds is 6. The molecule has 4 aromatic rings. The Kier molecular flexibility index (Phi) is 6.06. The monoisotopic (exact) mass is 509 g/mol. The third-order valence-electron chi connectivity index (χ3n) is 7.82. The van der Waals surface area contributed by atoms with Gasteiger partial charge in [0.2, 0.25) is 11.8 Å². The van der Waals surface area contributed by atoms with Crippen molar-refractivity contribution in [3.63, 3.8) is 0 Å². The van der Waals surface area contributed by atoms with Crippen LogP contribution in [0, 0.1) is 6.92 Å². The Morgan fingerprint density at radius 1 is 0.947 bits per heavy atom. The zero-order chi connectivity index (χ0) is 26.4. The van der Waals surface area contributed by atoms with Crippen molar-refractivity contribution in [1.82, 2.24) is 14.8 Å². The van der Waals surface area contributed by atoms with E-state index in [9.17, 15) is 9.59 Å². The van der Waals surface area contributed by atoms with E-state index in [4.69, 9.17) is 9.47 Å². The summed E-state index contributed by atoms with van der Waals surface area (Å²) in [5.41, 5.74) is 6.31. The molecule has 194 valence electrons. The molecule has 3 aromatic carbocycles. The SMILES string of the molecule is COc1ccc(CCN2CC(=O)N3[C@@H](c4cccc(C)c4)c4[nH]c5ccccc5c4C[C@H]3C2=O)cc1OC. The summed E-state index contributed by atoms with van der Waals surface area (Å²) >= 11 is 0. The number of carbonyl (C=O) groups excluding carboxylic acids is 2. The molecule has 1 saturated heterocycles. The first-order valence-electron chi connectivity index (χ1n) is 13.0. The zero-order valence-corrected chi connectivity index (χ0v) is 21.9. The number of aryl methyl sites for hydroxylation is 1. The topological polar surface area (TPSA) is 74.9 Å². The van der Waals surface area contributed by atoms with Crippen molar-refractivity contribution in [1.29, 1.82) is 0 Å². The van der Waals surface area contributed by atoms with Crippen LogP contribution in [0.15, 0.2) is 66.7 Å². The summed E-state index contributed by atoms with van der Waals surface area (Å²) in [6, 6.07) is 21.3. The zero-order valence-electron chi connectivity index (χ0n) is 21.9. The predicted molar refractivity (Wildman–Crippen MR) is 145 cm³/mol. The van der Waals surface area contributed by atoms with Crippen LogP contribution >= 0.6 is 0 Å². The van der Waals surface area contributed by atoms with E-state index in [1.54, 1.807) is 19.1 Å². The molecule has 0 spiro atoms. The highest BCUT2D eigenvalue weighted by molar-refractivity contribution is 5.97. The molecule has 0 aliphatic carbocycles. The minimum atomic E-state index is -0.543. The fourth-order valence-corrected chi connectivity index (χ4v) is 6.00. The summed E-state index contributed by atoms with van der Waals surface area (Å²) in [6.07, 6.45) is 1.12. The largest absolute Gasteiger partial charge is 0.493 e. The smallest absolute Gasteiger partial charge is 0.246 e. The number of hydrogen-bond donors (Lipinski definition) is 1. The lowest BCUT2D eigenvalue weighted by Gasteiger charge is -2.47. The second kappa shape index (κ2) is 9.56. The molecule has 0 unspecified atom stereocenters. The number of aromatic amines is 1. The van der Waals surface area contributed by atoms with Gasteiger partial charge in [0.25, 0.3) is 0 Å². The number of fused-ring (bicyclic) bond motifs is 4. The van der Waals surface area contributed by atoms with Crippen LogP contribution in [0.3, 0.4) is 0 Å². The van der Waals surface area contributed by atoms with Crippen LogP contribution in [0.4, 0.5) is 0 Å². The van der Waals surface area contributed by atoms with Gasteiger partial charge in [-0.25, -0.2) is 0 Å². The van der Waals surface area contributed by atoms with Gasteiger partial charge in [-0.2, -0.15) is 0 Å². The van der Waals surface area contributed by atoms with E-state index in [2.05, 4.69) is 42.2 Å². The number of amides is 2. The Hall–Kier alpha value is -4.26. The van der Waals surface area contributed by atoms with Crippen molar-refractivity contribution < 1.29 is 19.1 Å². The second-order valence-electron chi connectivity index (χ2n) is 10.1. The first-order chi connectivity index (χ1) is 18.5. The van der Waals surface area contributed by atoms with Crippen molar-refractivity contribution >= 4 is 22.7 Å². The average Bonchev–Trinajstić information content (AvgIpc) is 3.31. The Morgan fingerprint density at radius 2 is 1.76 bits per heavy atom. The number of aromatic nitrogens is 1. The molecule has 2 atom stereocenters. The lowest BCUT2D eigenvalue weighted by Crippen LogP contribution is -2.63. The van der Waals surface area contributed by atoms with Crippen LogP contribution in [-0.4, -0.2) is 59.9 Å². The van der Waals surface area contributed by atoms with E-state index in [0.717, 1.165) is 38.9 Å². The van der Waals surface area contributed by atoms with Crippen LogP contribution in [0.25, 0.3) is 10.9 Å². The molecular weight excluding hydrogens is 478 g/mol. The molecule has 38 heavy (non-hydrogen) atoms. The maximum absolute atomic E-state index is 13.9. The summed E-state index contributed by atoms with van der Waals surface area (Å²) in [5.74, 6) is 1.28. The van der Waals surface area contributed by atoms with Gasteiger partial charge in [-0.1, -0.05) is 54.1 Å². The standard InChI is InChI=1S/C31H31N3O4/c1-19-7-6-8-21(15-19)30-29-23(22-9-4-5-10-24(22)32-29)17-25-31(36)33(18-28(35)34(25)30)14-13-20-11-12-26(37-2)27(16-20)38-3/h4-12,15-16,25,30,32H,13-14,17-18H2,1-3H3/t25-,30-/m0/s1. The number of H-pyrrole nitrogens is 1. The van der Waals surface area contributed by atoms with Crippen molar-refractivity contribution in [2.45, 2.75) is 31.8 Å². The number of nitrogens with zero attached hydrogens (tertiary/aromatic N) is 2. The fraction of sp³-hybridized carbons (Fsp3) is 0.290. The van der Waals surface area contributed by atoms with E-state index in [1.165, 1.54) is 0 Å². The van der Waals surface area contributed by atoms with Gasteiger partial charge in [0.15, 0.2) is 11.5 Å². The minimum Gasteiger partial charge on any atom is -0.493 e. The van der Waals surface area contributed by atoms with Crippen LogP contribution in [0.5, 0.6) is 11.5 Å². The molecule has 3 heterocycles. The van der Waals surface area contributed by atoms with Gasteiger partial charge in [0.1, 0.15) is 6.04 Å². The van der Waals surface area contributed by atoms with Gasteiger partial charge >= 0.3 is 0 Å². The van der Waals surface area contributed by atoms with Crippen molar-refractivity contribution in [2.24, 2.45) is 0 Å². The van der Waals surface area contributed by atoms with Gasteiger partial charge in [0.05, 0.1) is 26.8 Å². The highest BCUT2D eigenvalue weighted by Gasteiger charge is 2.48. The molecule has 1 fully saturated rings. The van der Waals surface area contributed by atoms with E-state index >= 15 is 0 Å². The van der Waals surface area contributed by atoms with E-state index in [-0.39, 0.29) is 24.4 Å². The minimum absolute atomic E-state index is 0.00124. The predicted octanol–water partition coefficient (Wildman–Crippen LogP) is 4.42. The molecule has 0 radical (unpaired) electrons. The quantitative estimate of drug-likeness (QED) is 0.418. The molecule has 2 aliphatic heterocycles. The molecule has 7 heteroatoms. The fourth-order valence-electron chi connectivity index (χ4n) is 6.00. The number of hydrogen-bond acceptors (Lipinski definition) is 4. The Morgan fingerprint density at radius 3 is 2.55 bits per heavy atom. The van der Waals surface area contributed by atoms with Crippen LogP contribution in [0.2, 0.25) is 0 Å². The van der Waals surface area contributed by atoms with Crippen LogP contribution in [0.1, 0.15) is 34.0 Å². The normalized spacial score (nSPS) is 18.9. The van der Waals surface area contributed by atoms with Crippen molar-refractivity contribution in [2.75, 3.05) is 27.3 Å². The van der Waals surface area contributed by atoms with Gasteiger partial charge in [0, 0.05) is 29.6 Å². The Balaban J connectivity index is 1.34. The van der Waals surface area contributed by atoms with Gasteiger partial charge in [-0.05, 0) is 48.2 Å². The summed E-state index contributed by atoms with van der Waals surface area (Å²) < 4.78 is 10.8. The first kappa shape index (κ1) is 24.1. The number of carbonyl (C=O) groups is 2. The number of benzene rings is 3. The highest BCUT2D eigenvalue weighted by Crippen LogP contribution is 2.42. The van der Waals surface area contributed by atoms with Gasteiger partial charge in [-0.3, -0.25) is 9.59 Å². The van der Waals surface area contributed by atoms with Crippen LogP contribution in [-0.2, 0) is 22.4 Å². The maximum Gasteiger partial charge on any atom is 0.246 e. The summed E-state index contributed by atoms with van der Waals surface area (Å²) in [7, 11) is 3.21. The van der Waals surface area contributed by atoms with Gasteiger partial charge < -0.3 is 24.3 Å². The highest BCUT2D eigenvalue weighted by atomic mass is 16.5. The number of ether oxygens (including phenoxy) is 2. The third-order valence-corrected chi connectivity index (χ3v) is 7.82. The number of methoxy groups -OCH3 is 2. The number of piperazine rings is 1. The Labute approximate surface area is 222 Å². The summed E-state index contributed by atoms with van der Waals surface area (Å²) in [5, 5.41) is 1.11. The molecule has 1 aromatic heterocycles. The molecule has 1 N–H and O–H groups in total. The van der Waals surface area contributed by atoms with E-state index < -0.39 is 6.04 Å². The van der Waals surface area contributed by atoms with Crippen molar-refractivity contribution in [3.8, 4) is 11.5 Å². The van der Waals surface area contributed by atoms with E-state index in [0.29, 0.717) is 30.9 Å². The molecule has 2 aliphatic rings. The third kappa shape index (κ3) is 3.99. The molecule has 2 amide bonds. The molecular formula is C31H31N3O4. The molecule has 0 saturated carbocycles. The maximum atomic E-state index is 13.9. The summed E-state index contributed by atoms with van der Waals surface area (Å²) in [4.78, 5) is 34.8. The van der Waals surface area contributed by atoms with Crippen LogP contribution < -0.4 is 9.47 Å². The lowest BCUT2D eigenvalue weighted by atomic mass is 9.86.